The maximum absolute atomic E-state index is 12.4. The summed E-state index contributed by atoms with van der Waals surface area (Å²) in [6.45, 7) is 6.83. The Morgan fingerprint density at radius 3 is 2.65 bits per heavy atom. The van der Waals surface area contributed by atoms with Crippen molar-refractivity contribution >= 4 is 5.97 Å². The molecule has 2 fully saturated rings. The van der Waals surface area contributed by atoms with Crippen molar-refractivity contribution in [2.24, 2.45) is 11.8 Å². The molecule has 2 rings (SSSR count). The highest BCUT2D eigenvalue weighted by atomic mass is 16.5. The number of rotatable bonds is 4. The average Bonchev–Trinajstić information content (AvgIpc) is 3.09. The minimum Gasteiger partial charge on any atom is -0.465 e. The van der Waals surface area contributed by atoms with Gasteiger partial charge in [0, 0.05) is 6.04 Å². The van der Waals surface area contributed by atoms with Crippen LogP contribution in [0.15, 0.2) is 0 Å². The molecule has 2 saturated carbocycles. The lowest BCUT2D eigenvalue weighted by Gasteiger charge is -2.44. The van der Waals surface area contributed by atoms with Gasteiger partial charge >= 0.3 is 5.97 Å². The molecule has 3 unspecified atom stereocenters. The van der Waals surface area contributed by atoms with Crippen LogP contribution in [0.4, 0.5) is 0 Å². The van der Waals surface area contributed by atoms with Crippen LogP contribution in [-0.4, -0.2) is 24.2 Å². The fraction of sp³-hybridized carbons (Fsp3) is 0.929. The van der Waals surface area contributed by atoms with Crippen molar-refractivity contribution in [1.29, 1.82) is 0 Å². The summed E-state index contributed by atoms with van der Waals surface area (Å²) >= 11 is 0. The second kappa shape index (κ2) is 4.97. The van der Waals surface area contributed by atoms with Crippen LogP contribution in [0.1, 0.15) is 52.9 Å². The van der Waals surface area contributed by atoms with E-state index >= 15 is 0 Å². The summed E-state index contributed by atoms with van der Waals surface area (Å²) in [5, 5.41) is 3.60. The predicted octanol–water partition coefficient (Wildman–Crippen LogP) is 2.50. The Balaban J connectivity index is 2.17. The molecule has 0 radical (unpaired) electrons. The van der Waals surface area contributed by atoms with Crippen LogP contribution in [-0.2, 0) is 9.53 Å². The zero-order chi connectivity index (χ0) is 12.5. The molecule has 3 atom stereocenters. The Kier molecular flexibility index (Phi) is 3.76. The molecular formula is C14H25NO2. The Morgan fingerprint density at radius 1 is 1.35 bits per heavy atom. The van der Waals surface area contributed by atoms with Crippen molar-refractivity contribution in [1.82, 2.24) is 5.32 Å². The van der Waals surface area contributed by atoms with E-state index in [1.165, 1.54) is 19.3 Å². The molecule has 0 spiro atoms. The van der Waals surface area contributed by atoms with Crippen LogP contribution in [0.5, 0.6) is 0 Å². The molecule has 17 heavy (non-hydrogen) atoms. The molecule has 0 saturated heterocycles. The summed E-state index contributed by atoms with van der Waals surface area (Å²) in [5.41, 5.74) is -0.408. The minimum absolute atomic E-state index is 0.0223. The van der Waals surface area contributed by atoms with Gasteiger partial charge in [0.15, 0.2) is 0 Å². The lowest BCUT2D eigenvalue weighted by molar-refractivity contribution is -0.157. The maximum atomic E-state index is 12.4. The third-order valence-electron chi connectivity index (χ3n) is 4.54. The largest absolute Gasteiger partial charge is 0.465 e. The third-order valence-corrected chi connectivity index (χ3v) is 4.54. The molecule has 0 aliphatic heterocycles. The normalized spacial score (nSPS) is 37.8. The van der Waals surface area contributed by atoms with Crippen molar-refractivity contribution in [3.8, 4) is 0 Å². The molecule has 2 aliphatic carbocycles. The van der Waals surface area contributed by atoms with Crippen LogP contribution in [0.25, 0.3) is 0 Å². The first-order valence-corrected chi connectivity index (χ1v) is 7.05. The first-order valence-electron chi connectivity index (χ1n) is 7.05. The quantitative estimate of drug-likeness (QED) is 0.766. The summed E-state index contributed by atoms with van der Waals surface area (Å²) in [5.74, 6) is 0.946. The van der Waals surface area contributed by atoms with Crippen LogP contribution >= 0.6 is 0 Å². The van der Waals surface area contributed by atoms with Crippen LogP contribution in [0.3, 0.4) is 0 Å². The molecule has 0 heterocycles. The molecule has 0 aromatic rings. The molecular weight excluding hydrogens is 214 g/mol. The van der Waals surface area contributed by atoms with E-state index in [1.54, 1.807) is 0 Å². The van der Waals surface area contributed by atoms with Gasteiger partial charge in [0.05, 0.1) is 6.61 Å². The molecule has 0 bridgehead atoms. The van der Waals surface area contributed by atoms with Crippen molar-refractivity contribution in [2.75, 3.05) is 6.61 Å². The van der Waals surface area contributed by atoms with Crippen molar-refractivity contribution in [3.63, 3.8) is 0 Å². The summed E-state index contributed by atoms with van der Waals surface area (Å²) in [4.78, 5) is 12.4. The number of ether oxygens (including phenoxy) is 1. The maximum Gasteiger partial charge on any atom is 0.326 e. The summed E-state index contributed by atoms with van der Waals surface area (Å²) in [6.07, 6.45) is 5.72. The van der Waals surface area contributed by atoms with Crippen molar-refractivity contribution in [2.45, 2.75) is 64.5 Å². The SMILES string of the molecule is CCOC(=O)C1(NC2CC2)CCCC(C)C1C. The van der Waals surface area contributed by atoms with Gasteiger partial charge in [-0.05, 0) is 38.0 Å². The van der Waals surface area contributed by atoms with Gasteiger partial charge in [-0.15, -0.1) is 0 Å². The van der Waals surface area contributed by atoms with Gasteiger partial charge in [-0.25, -0.2) is 0 Å². The summed E-state index contributed by atoms with van der Waals surface area (Å²) in [7, 11) is 0. The predicted molar refractivity (Wildman–Crippen MR) is 67.7 cm³/mol. The molecule has 0 aromatic carbocycles. The molecule has 1 N–H and O–H groups in total. The lowest BCUT2D eigenvalue weighted by Crippen LogP contribution is -2.61. The third kappa shape index (κ3) is 2.49. The van der Waals surface area contributed by atoms with E-state index in [0.717, 1.165) is 12.8 Å². The van der Waals surface area contributed by atoms with E-state index in [0.29, 0.717) is 24.5 Å². The first-order chi connectivity index (χ1) is 8.10. The minimum atomic E-state index is -0.408. The van der Waals surface area contributed by atoms with Crippen LogP contribution < -0.4 is 5.32 Å². The van der Waals surface area contributed by atoms with Gasteiger partial charge in [-0.3, -0.25) is 10.1 Å². The van der Waals surface area contributed by atoms with E-state index in [9.17, 15) is 4.79 Å². The Hall–Kier alpha value is -0.570. The molecule has 3 nitrogen and oxygen atoms in total. The molecule has 3 heteroatoms. The van der Waals surface area contributed by atoms with Gasteiger partial charge in [-0.1, -0.05) is 26.7 Å². The van der Waals surface area contributed by atoms with E-state index < -0.39 is 5.54 Å². The number of nitrogens with one attached hydrogen (secondary N) is 1. The van der Waals surface area contributed by atoms with Gasteiger partial charge < -0.3 is 4.74 Å². The number of esters is 1. The lowest BCUT2D eigenvalue weighted by atomic mass is 9.68. The van der Waals surface area contributed by atoms with Gasteiger partial charge in [0.25, 0.3) is 0 Å². The first kappa shape index (κ1) is 12.9. The highest BCUT2D eigenvalue weighted by Gasteiger charge is 2.50. The zero-order valence-corrected chi connectivity index (χ0v) is 11.3. The number of carbonyl (C=O) groups excluding carboxylic acids is 1. The van der Waals surface area contributed by atoms with E-state index in [4.69, 9.17) is 4.74 Å². The Bertz CT molecular complexity index is 288. The van der Waals surface area contributed by atoms with Crippen LogP contribution in [0, 0.1) is 11.8 Å². The van der Waals surface area contributed by atoms with Crippen molar-refractivity contribution in [3.05, 3.63) is 0 Å². The smallest absolute Gasteiger partial charge is 0.326 e. The molecule has 98 valence electrons. The number of hydrogen-bond acceptors (Lipinski definition) is 3. The summed E-state index contributed by atoms with van der Waals surface area (Å²) < 4.78 is 5.33. The standard InChI is InChI=1S/C14H25NO2/c1-4-17-13(16)14(15-12-7-8-12)9-5-6-10(2)11(14)3/h10-12,15H,4-9H2,1-3H3. The second-order valence-electron chi connectivity index (χ2n) is 5.77. The van der Waals surface area contributed by atoms with Gasteiger partial charge in [-0.2, -0.15) is 0 Å². The van der Waals surface area contributed by atoms with E-state index in [2.05, 4.69) is 19.2 Å². The highest BCUT2D eigenvalue weighted by molar-refractivity contribution is 5.81. The molecule has 0 aromatic heterocycles. The van der Waals surface area contributed by atoms with Gasteiger partial charge in [0.1, 0.15) is 5.54 Å². The Labute approximate surface area is 104 Å². The molecule has 2 aliphatic rings. The van der Waals surface area contributed by atoms with E-state index in [-0.39, 0.29) is 5.97 Å². The Morgan fingerprint density at radius 2 is 2.06 bits per heavy atom. The molecule has 0 amide bonds. The topological polar surface area (TPSA) is 38.3 Å². The van der Waals surface area contributed by atoms with Gasteiger partial charge in [0.2, 0.25) is 0 Å². The number of carbonyl (C=O) groups is 1. The highest BCUT2D eigenvalue weighted by Crippen LogP contribution is 2.40. The summed E-state index contributed by atoms with van der Waals surface area (Å²) in [6, 6.07) is 0.548. The van der Waals surface area contributed by atoms with Crippen LogP contribution in [0.2, 0.25) is 0 Å². The van der Waals surface area contributed by atoms with Crippen molar-refractivity contribution < 1.29 is 9.53 Å². The zero-order valence-electron chi connectivity index (χ0n) is 11.3. The number of hydrogen-bond donors (Lipinski definition) is 1. The monoisotopic (exact) mass is 239 g/mol. The average molecular weight is 239 g/mol. The fourth-order valence-electron chi connectivity index (χ4n) is 3.07. The second-order valence-corrected chi connectivity index (χ2v) is 5.77. The fourth-order valence-corrected chi connectivity index (χ4v) is 3.07. The van der Waals surface area contributed by atoms with E-state index in [1.807, 2.05) is 6.92 Å².